The molecule has 0 spiro atoms. The summed E-state index contributed by atoms with van der Waals surface area (Å²) >= 11 is 0. The van der Waals surface area contributed by atoms with E-state index < -0.39 is 72.5 Å². The van der Waals surface area contributed by atoms with Gasteiger partial charge in [0.1, 0.15) is 17.6 Å². The van der Waals surface area contributed by atoms with Crippen LogP contribution in [0.5, 0.6) is 0 Å². The minimum absolute atomic E-state index is 0.498. The van der Waals surface area contributed by atoms with Gasteiger partial charge in [-0.3, -0.25) is 9.59 Å². The smallest absolute Gasteiger partial charge is 0.432 e. The molecule has 176 valence electrons. The van der Waals surface area contributed by atoms with Gasteiger partial charge in [0, 0.05) is 0 Å². The second-order valence-electron chi connectivity index (χ2n) is 6.65. The highest BCUT2D eigenvalue weighted by molar-refractivity contribution is 5.81. The average Bonchev–Trinajstić information content (AvgIpc) is 3.13. The number of furan rings is 1. The summed E-state index contributed by atoms with van der Waals surface area (Å²) in [7, 11) is 0. The molecule has 0 amide bonds. The Morgan fingerprint density at radius 1 is 1.00 bits per heavy atom. The number of ether oxygens (including phenoxy) is 2. The summed E-state index contributed by atoms with van der Waals surface area (Å²) in [5.41, 5.74) is -9.33. The van der Waals surface area contributed by atoms with E-state index in [9.17, 15) is 46.1 Å². The van der Waals surface area contributed by atoms with Crippen LogP contribution in [0.4, 0.5) is 26.3 Å². The zero-order valence-corrected chi connectivity index (χ0v) is 16.1. The third-order valence-corrected chi connectivity index (χ3v) is 4.82. The lowest BCUT2D eigenvalue weighted by Gasteiger charge is -2.53. The van der Waals surface area contributed by atoms with Crippen molar-refractivity contribution in [3.8, 4) is 0 Å². The Morgan fingerprint density at radius 2 is 1.42 bits per heavy atom. The Balaban J connectivity index is 2.89. The molecule has 4 atom stereocenters. The Labute approximate surface area is 171 Å². The van der Waals surface area contributed by atoms with Crippen molar-refractivity contribution in [1.82, 2.24) is 5.32 Å². The van der Waals surface area contributed by atoms with Crippen molar-refractivity contribution in [2.24, 2.45) is 11.8 Å². The number of hydrogen-bond acceptors (Lipinski definition) is 8. The van der Waals surface area contributed by atoms with Crippen molar-refractivity contribution in [2.45, 2.75) is 43.6 Å². The van der Waals surface area contributed by atoms with E-state index in [1.165, 1.54) is 13.8 Å². The molecule has 1 aromatic rings. The lowest BCUT2D eigenvalue weighted by Crippen LogP contribution is -2.81. The third kappa shape index (κ3) is 4.11. The molecule has 4 unspecified atom stereocenters. The van der Waals surface area contributed by atoms with Crippen molar-refractivity contribution >= 4 is 11.9 Å². The molecule has 31 heavy (non-hydrogen) atoms. The molecule has 3 N–H and O–H groups in total. The molecule has 0 aliphatic carbocycles. The summed E-state index contributed by atoms with van der Waals surface area (Å²) in [6.07, 6.45) is -11.0. The van der Waals surface area contributed by atoms with E-state index in [4.69, 9.17) is 4.42 Å². The third-order valence-electron chi connectivity index (χ3n) is 4.82. The number of halogens is 6. The van der Waals surface area contributed by atoms with Gasteiger partial charge in [0.2, 0.25) is 11.4 Å². The molecule has 1 aliphatic rings. The van der Waals surface area contributed by atoms with Gasteiger partial charge in [-0.15, -0.1) is 0 Å². The second-order valence-corrected chi connectivity index (χ2v) is 6.65. The van der Waals surface area contributed by atoms with E-state index in [-0.39, 0.29) is 0 Å². The molecule has 0 radical (unpaired) electrons. The second kappa shape index (κ2) is 8.31. The summed E-state index contributed by atoms with van der Waals surface area (Å²) in [4.78, 5) is 24.9. The molecule has 2 heterocycles. The van der Waals surface area contributed by atoms with Crippen LogP contribution >= 0.6 is 0 Å². The quantitative estimate of drug-likeness (QED) is 0.447. The fraction of sp³-hybridized carbons (Fsp3) is 0.647. The van der Waals surface area contributed by atoms with E-state index >= 15 is 0 Å². The van der Waals surface area contributed by atoms with Gasteiger partial charge >= 0.3 is 24.3 Å². The highest BCUT2D eigenvalue weighted by Gasteiger charge is 2.79. The molecule has 1 fully saturated rings. The van der Waals surface area contributed by atoms with Crippen LogP contribution in [0, 0.1) is 11.8 Å². The van der Waals surface area contributed by atoms with Crippen molar-refractivity contribution in [2.75, 3.05) is 13.2 Å². The lowest BCUT2D eigenvalue weighted by molar-refractivity contribution is -0.377. The number of esters is 2. The van der Waals surface area contributed by atoms with Crippen molar-refractivity contribution < 1.29 is 60.0 Å². The largest absolute Gasteiger partial charge is 0.469 e. The number of piperidine rings is 1. The molecule has 8 nitrogen and oxygen atoms in total. The first-order chi connectivity index (χ1) is 14.2. The first-order valence-electron chi connectivity index (χ1n) is 8.89. The first kappa shape index (κ1) is 24.9. The van der Waals surface area contributed by atoms with Crippen LogP contribution in [0.1, 0.15) is 25.5 Å². The number of nitrogens with one attached hydrogen (secondary N) is 1. The van der Waals surface area contributed by atoms with Gasteiger partial charge in [-0.05, 0) is 26.0 Å². The van der Waals surface area contributed by atoms with Gasteiger partial charge in [-0.25, -0.2) is 5.32 Å². The van der Waals surface area contributed by atoms with Crippen LogP contribution in [0.15, 0.2) is 22.8 Å². The van der Waals surface area contributed by atoms with Crippen molar-refractivity contribution in [3.63, 3.8) is 0 Å². The van der Waals surface area contributed by atoms with Gasteiger partial charge < -0.3 is 24.1 Å². The average molecular weight is 463 g/mol. The maximum atomic E-state index is 13.9. The standard InChI is InChI=1S/C17H19F6NO7/c1-3-29-12(25)10-9(8-6-5-7-31-8)11(13(26)30-4-2)15(28,17(21,22)23)24-14(10,27)16(18,19)20/h5-7,9-11,24,27-28H,3-4H2,1-2H3. The molecular weight excluding hydrogens is 444 g/mol. The fourth-order valence-corrected chi connectivity index (χ4v) is 3.56. The van der Waals surface area contributed by atoms with Gasteiger partial charge in [0.25, 0.3) is 0 Å². The summed E-state index contributed by atoms with van der Waals surface area (Å²) in [5, 5.41) is 21.4. The van der Waals surface area contributed by atoms with Crippen molar-refractivity contribution in [1.29, 1.82) is 0 Å². The van der Waals surface area contributed by atoms with Crippen molar-refractivity contribution in [3.05, 3.63) is 24.2 Å². The monoisotopic (exact) mass is 463 g/mol. The lowest BCUT2D eigenvalue weighted by atomic mass is 9.65. The fourth-order valence-electron chi connectivity index (χ4n) is 3.56. The van der Waals surface area contributed by atoms with E-state index in [1.54, 1.807) is 0 Å². The van der Waals surface area contributed by atoms with Gasteiger partial charge in [0.15, 0.2) is 0 Å². The predicted molar refractivity (Wildman–Crippen MR) is 86.8 cm³/mol. The van der Waals surface area contributed by atoms with Crippen LogP contribution in [-0.2, 0) is 19.1 Å². The number of rotatable bonds is 5. The highest BCUT2D eigenvalue weighted by atomic mass is 19.4. The Kier molecular flexibility index (Phi) is 6.69. The summed E-state index contributed by atoms with van der Waals surface area (Å²) < 4.78 is 97.1. The molecule has 0 saturated carbocycles. The number of hydrogen-bond donors (Lipinski definition) is 3. The number of carbonyl (C=O) groups is 2. The van der Waals surface area contributed by atoms with Gasteiger partial charge in [-0.1, -0.05) is 0 Å². The molecule has 1 aromatic heterocycles. The zero-order chi connectivity index (χ0) is 23.8. The van der Waals surface area contributed by atoms with E-state index in [0.717, 1.165) is 18.4 Å². The van der Waals surface area contributed by atoms with Gasteiger partial charge in [-0.2, -0.15) is 26.3 Å². The number of aliphatic hydroxyl groups is 2. The molecule has 1 saturated heterocycles. The van der Waals surface area contributed by atoms with Gasteiger partial charge in [0.05, 0.1) is 25.4 Å². The topological polar surface area (TPSA) is 118 Å². The summed E-state index contributed by atoms with van der Waals surface area (Å²) in [6.45, 7) is 1.42. The van der Waals surface area contributed by atoms with Crippen LogP contribution in [0.2, 0.25) is 0 Å². The zero-order valence-electron chi connectivity index (χ0n) is 16.1. The first-order valence-corrected chi connectivity index (χ1v) is 8.89. The Hall–Kier alpha value is -2.32. The Bertz CT molecular complexity index is 748. The van der Waals surface area contributed by atoms with E-state index in [0.29, 0.717) is 5.32 Å². The number of alkyl halides is 6. The highest BCUT2D eigenvalue weighted by Crippen LogP contribution is 2.55. The van der Waals surface area contributed by atoms with E-state index in [1.807, 2.05) is 0 Å². The minimum atomic E-state index is -5.94. The molecule has 14 heteroatoms. The summed E-state index contributed by atoms with van der Waals surface area (Å²) in [6, 6.07) is 1.96. The number of carbonyl (C=O) groups excluding carboxylic acids is 2. The Morgan fingerprint density at radius 3 is 1.71 bits per heavy atom. The van der Waals surface area contributed by atoms with Crippen LogP contribution in [0.25, 0.3) is 0 Å². The maximum absolute atomic E-state index is 13.9. The SMILES string of the molecule is CCOC(=O)C1C(c2ccco2)C(C(=O)OCC)C(O)(C(F)(F)F)NC1(O)C(F)(F)F. The molecule has 2 rings (SSSR count). The maximum Gasteiger partial charge on any atom is 0.432 e. The normalized spacial score (nSPS) is 31.9. The van der Waals surface area contributed by atoms with E-state index in [2.05, 4.69) is 9.47 Å². The molecule has 0 bridgehead atoms. The van der Waals surface area contributed by atoms with Crippen LogP contribution in [-0.4, -0.2) is 59.2 Å². The molecule has 1 aliphatic heterocycles. The molecular formula is C17H19F6NO7. The van der Waals surface area contributed by atoms with Crippen LogP contribution in [0.3, 0.4) is 0 Å². The molecule has 0 aromatic carbocycles. The summed E-state index contributed by atoms with van der Waals surface area (Å²) in [5.74, 6) is -12.5. The minimum Gasteiger partial charge on any atom is -0.469 e. The van der Waals surface area contributed by atoms with Crippen LogP contribution < -0.4 is 5.32 Å². The predicted octanol–water partition coefficient (Wildman–Crippen LogP) is 1.83.